The molecule has 0 radical (unpaired) electrons. The van der Waals surface area contributed by atoms with Crippen molar-refractivity contribution < 1.29 is 32.3 Å². The number of likely N-dealkylation sites (N-methyl/N-ethyl adjacent to an activating group) is 2. The Labute approximate surface area is 501 Å². The van der Waals surface area contributed by atoms with Crippen LogP contribution in [0.2, 0.25) is 30.7 Å². The van der Waals surface area contributed by atoms with Gasteiger partial charge in [0.15, 0.2) is 38.8 Å². The molecule has 4 heterocycles. The van der Waals surface area contributed by atoms with Crippen molar-refractivity contribution >= 4 is 82.4 Å². The Morgan fingerprint density at radius 2 is 1.59 bits per heavy atom. The summed E-state index contributed by atoms with van der Waals surface area (Å²) in [6.07, 6.45) is 2.26. The maximum Gasteiger partial charge on any atom is 0.357 e. The van der Waals surface area contributed by atoms with Crippen LogP contribution in [-0.4, -0.2) is 157 Å². The van der Waals surface area contributed by atoms with Crippen LogP contribution in [0, 0.1) is 24.6 Å². The van der Waals surface area contributed by atoms with Crippen LogP contribution in [0.5, 0.6) is 5.75 Å². The summed E-state index contributed by atoms with van der Waals surface area (Å²) in [5.74, 6) is 6.25. The van der Waals surface area contributed by atoms with Gasteiger partial charge in [0, 0.05) is 44.8 Å². The maximum absolute atomic E-state index is 15.3. The van der Waals surface area contributed by atoms with Crippen LogP contribution >= 0.6 is 22.7 Å². The van der Waals surface area contributed by atoms with E-state index in [0.717, 1.165) is 75.1 Å². The molecular weight excluding hydrogens is 1110 g/mol. The molecule has 14 nitrogen and oxygen atoms in total. The smallest absolute Gasteiger partial charge is 0.357 e. The number of fused-ring (bicyclic) bond motifs is 1. The minimum absolute atomic E-state index is 0.118. The van der Waals surface area contributed by atoms with E-state index < -0.39 is 28.2 Å². The molecule has 19 heteroatoms. The Morgan fingerprint density at radius 3 is 2.23 bits per heavy atom. The van der Waals surface area contributed by atoms with E-state index in [1.54, 1.807) is 23.5 Å². The number of carbonyl (C=O) groups excluding carboxylic acids is 1. The molecule has 8 rings (SSSR count). The Kier molecular flexibility index (Phi) is 21.5. The zero-order valence-corrected chi connectivity index (χ0v) is 54.5. The number of hydrogen-bond acceptors (Lipinski definition) is 14. The molecule has 4 aromatic carbocycles. The molecule has 83 heavy (non-hydrogen) atoms. The average molecular weight is 1200 g/mol. The Morgan fingerprint density at radius 1 is 0.904 bits per heavy atom. The van der Waals surface area contributed by atoms with Crippen LogP contribution in [0.25, 0.3) is 10.2 Å². The van der Waals surface area contributed by atoms with Crippen LogP contribution in [0.1, 0.15) is 66.5 Å². The summed E-state index contributed by atoms with van der Waals surface area (Å²) in [7, 11) is 5.57. The van der Waals surface area contributed by atoms with Gasteiger partial charge in [-0.25, -0.2) is 14.2 Å². The van der Waals surface area contributed by atoms with Crippen molar-refractivity contribution in [2.75, 3.05) is 99.2 Å². The summed E-state index contributed by atoms with van der Waals surface area (Å²) in [5, 5.41) is 12.6. The van der Waals surface area contributed by atoms with Crippen molar-refractivity contribution in [2.24, 2.45) is 4.99 Å². The van der Waals surface area contributed by atoms with Gasteiger partial charge in [0.1, 0.15) is 13.3 Å². The van der Waals surface area contributed by atoms with E-state index in [9.17, 15) is 4.79 Å². The topological polar surface area (TPSA) is 120 Å². The molecule has 1 fully saturated rings. The molecular formula is C64H85FN9O5S2Si2+. The molecule has 0 bridgehead atoms. The minimum Gasteiger partial charge on any atom is -0.491 e. The monoisotopic (exact) mass is 1200 g/mol. The van der Waals surface area contributed by atoms with Gasteiger partial charge in [0.25, 0.3) is 8.32 Å². The highest BCUT2D eigenvalue weighted by atomic mass is 32.1. The third kappa shape index (κ3) is 16.5. The van der Waals surface area contributed by atoms with Gasteiger partial charge in [0.2, 0.25) is 0 Å². The molecule has 1 aliphatic rings. The summed E-state index contributed by atoms with van der Waals surface area (Å²) < 4.78 is 45.1. The molecule has 1 saturated heterocycles. The van der Waals surface area contributed by atoms with Crippen molar-refractivity contribution in [1.29, 1.82) is 0 Å². The molecule has 0 N–H and O–H groups in total. The number of benzene rings is 4. The van der Waals surface area contributed by atoms with E-state index in [0.29, 0.717) is 68.0 Å². The number of esters is 1. The van der Waals surface area contributed by atoms with Gasteiger partial charge >= 0.3 is 5.97 Å². The Bertz CT molecular complexity index is 3360. The van der Waals surface area contributed by atoms with Gasteiger partial charge < -0.3 is 28.0 Å². The molecule has 1 aliphatic heterocycles. The fourth-order valence-corrected chi connectivity index (χ4v) is 18.1. The number of thiazole rings is 2. The predicted octanol–water partition coefficient (Wildman–Crippen LogP) is 10.9. The zero-order chi connectivity index (χ0) is 59.4. The second-order valence-corrected chi connectivity index (χ2v) is 36.5. The van der Waals surface area contributed by atoms with Crippen molar-refractivity contribution in [3.8, 4) is 17.6 Å². The van der Waals surface area contributed by atoms with E-state index in [-0.39, 0.29) is 29.2 Å². The van der Waals surface area contributed by atoms with Crippen LogP contribution < -0.4 is 24.8 Å². The quantitative estimate of drug-likeness (QED) is 0.0179. The minimum atomic E-state index is -2.97. The second-order valence-electron chi connectivity index (χ2n) is 24.6. The highest BCUT2D eigenvalue weighted by Crippen LogP contribution is 2.39. The standard InChI is InChI=1S/C64H85FN9O5S2Si2/c1-48-44-58(68-69-60(48)67-63-73(47-77-42-43-82(10,11)12)54-30-19-20-31-56(54)80-63)72(62-66-59(61(75)76-9)57(81-62)32-23-41-78-55-34-33-49(45-53(55)65)24-21-35-70(5)6)36-22-25-50(46-74(8)39-37-71(7)38-40-74)79-83(64(2,3)4,51-26-15-13-16-27-51)52-28-17-14-18-29-52/h13-20,26-31,33-34,44-45,50H,22-23,25,32,35-43,46-47H2,1-12H3/q+1. The number of halogens is 1. The van der Waals surface area contributed by atoms with Crippen LogP contribution in [0.4, 0.5) is 21.2 Å². The van der Waals surface area contributed by atoms with E-state index in [2.05, 4.69) is 154 Å². The lowest BCUT2D eigenvalue weighted by Gasteiger charge is -2.48. The summed E-state index contributed by atoms with van der Waals surface area (Å²) in [5.41, 5.74) is 2.68. The number of nitrogens with zero attached hydrogens (tertiary/aromatic N) is 9. The lowest BCUT2D eigenvalue weighted by molar-refractivity contribution is -0.916. The van der Waals surface area contributed by atoms with E-state index in [1.165, 1.54) is 34.9 Å². The average Bonchev–Trinajstić information content (AvgIpc) is 2.85. The summed E-state index contributed by atoms with van der Waals surface area (Å²) in [4.78, 5) is 31.8. The number of carbonyl (C=O) groups is 1. The van der Waals surface area contributed by atoms with E-state index >= 15 is 4.39 Å². The summed E-state index contributed by atoms with van der Waals surface area (Å²) >= 11 is 3.01. The fraction of sp³-hybridized carbons (Fsp3) is 0.453. The molecule has 0 amide bonds. The Hall–Kier alpha value is -5.93. The van der Waals surface area contributed by atoms with Gasteiger partial charge in [-0.15, -0.1) is 21.5 Å². The Balaban J connectivity index is 1.14. The molecule has 7 aromatic rings. The first-order valence-electron chi connectivity index (χ1n) is 28.9. The second kappa shape index (κ2) is 28.3. The summed E-state index contributed by atoms with van der Waals surface area (Å²) in [6.45, 7) is 23.4. The first kappa shape index (κ1) is 63.1. The highest BCUT2D eigenvalue weighted by molar-refractivity contribution is 7.16. The fourth-order valence-electron chi connectivity index (χ4n) is 10.5. The van der Waals surface area contributed by atoms with Crippen molar-refractivity contribution in [3.05, 3.63) is 142 Å². The predicted molar refractivity (Wildman–Crippen MR) is 342 cm³/mol. The van der Waals surface area contributed by atoms with Crippen LogP contribution in [-0.2, 0) is 27.1 Å². The van der Waals surface area contributed by atoms with Gasteiger partial charge in [-0.2, -0.15) is 4.99 Å². The number of anilines is 2. The lowest BCUT2D eigenvalue weighted by atomic mass is 10.1. The number of aromatic nitrogens is 4. The van der Waals surface area contributed by atoms with Crippen LogP contribution in [0.3, 0.4) is 0 Å². The van der Waals surface area contributed by atoms with E-state index in [4.69, 9.17) is 38.8 Å². The molecule has 1 unspecified atom stereocenters. The van der Waals surface area contributed by atoms with Crippen molar-refractivity contribution in [3.63, 3.8) is 0 Å². The normalized spacial score (nSPS) is 14.7. The van der Waals surface area contributed by atoms with Crippen LogP contribution in [0.15, 0.2) is 114 Å². The lowest BCUT2D eigenvalue weighted by Crippen LogP contribution is -2.69. The molecule has 0 aliphatic carbocycles. The highest BCUT2D eigenvalue weighted by Gasteiger charge is 2.52. The molecule has 442 valence electrons. The van der Waals surface area contributed by atoms with Crippen molar-refractivity contribution in [1.82, 2.24) is 29.5 Å². The third-order valence-electron chi connectivity index (χ3n) is 15.2. The number of ether oxygens (including phenoxy) is 3. The first-order valence-corrected chi connectivity index (χ1v) is 36.2. The van der Waals surface area contributed by atoms with Gasteiger partial charge in [-0.05, 0) is 117 Å². The number of aryl methyl sites for hydroxylation is 2. The molecule has 0 spiro atoms. The van der Waals surface area contributed by atoms with Gasteiger partial charge in [-0.3, -0.25) is 14.4 Å². The largest absolute Gasteiger partial charge is 0.491 e. The zero-order valence-electron chi connectivity index (χ0n) is 50.8. The number of piperazine rings is 1. The van der Waals surface area contributed by atoms with Crippen molar-refractivity contribution in [2.45, 2.75) is 96.9 Å². The molecule has 0 saturated carbocycles. The maximum atomic E-state index is 15.3. The third-order valence-corrected chi connectivity index (χ3v) is 24.2. The number of quaternary nitrogens is 1. The van der Waals surface area contributed by atoms with E-state index in [1.807, 2.05) is 44.1 Å². The number of methoxy groups -OCH3 is 1. The number of rotatable bonds is 25. The summed E-state index contributed by atoms with van der Waals surface area (Å²) in [6, 6.07) is 37.9. The van der Waals surface area contributed by atoms with Gasteiger partial charge in [0.05, 0.1) is 56.7 Å². The molecule has 1 atom stereocenters. The number of hydrogen-bond donors (Lipinski definition) is 0. The number of para-hydroxylation sites is 1. The van der Waals surface area contributed by atoms with Gasteiger partial charge in [-0.1, -0.05) is 136 Å². The SMILES string of the molecule is COC(=O)c1nc(N(CCCC(C[N+]2(C)CCN(C)CC2)O[Si](c2ccccc2)(c2ccccc2)C(C)(C)C)c2cc(C)c(N=c3sc4ccccc4n3COCC[Si](C)(C)C)nn2)sc1CCCOc1ccc(C#CCN(C)C)cc1F. The first-order chi connectivity index (χ1) is 39.6. The molecule has 3 aromatic heterocycles.